The first-order valence-electron chi connectivity index (χ1n) is 5.35. The molecule has 0 aromatic carbocycles. The third-order valence-corrected chi connectivity index (χ3v) is 3.08. The van der Waals surface area contributed by atoms with Crippen LogP contribution in [-0.2, 0) is 4.74 Å². The third kappa shape index (κ3) is 2.02. The molecule has 13 heavy (non-hydrogen) atoms. The Balaban J connectivity index is 1.97. The Kier molecular flexibility index (Phi) is 2.84. The molecule has 1 saturated carbocycles. The van der Waals surface area contributed by atoms with Gasteiger partial charge in [0.2, 0.25) is 0 Å². The van der Waals surface area contributed by atoms with Crippen LogP contribution in [0, 0.1) is 5.92 Å². The molecule has 0 bridgehead atoms. The van der Waals surface area contributed by atoms with Crippen molar-refractivity contribution in [3.05, 3.63) is 24.8 Å². The van der Waals surface area contributed by atoms with Crippen molar-refractivity contribution < 1.29 is 4.74 Å². The Morgan fingerprint density at radius 3 is 3.00 bits per heavy atom. The average Bonchev–Trinajstić information content (AvgIpc) is 2.18. The third-order valence-electron chi connectivity index (χ3n) is 3.08. The van der Waals surface area contributed by atoms with E-state index in [1.165, 1.54) is 25.7 Å². The minimum Gasteiger partial charge on any atom is -0.370 e. The second-order valence-corrected chi connectivity index (χ2v) is 4.07. The summed E-state index contributed by atoms with van der Waals surface area (Å²) in [5.74, 6) is 0.704. The lowest BCUT2D eigenvalue weighted by atomic mass is 9.84. The topological polar surface area (TPSA) is 9.23 Å². The monoisotopic (exact) mass is 178 g/mol. The molecular weight excluding hydrogens is 160 g/mol. The number of ether oxygens (including phenoxy) is 1. The molecule has 0 N–H and O–H groups in total. The highest BCUT2D eigenvalue weighted by Gasteiger charge is 2.28. The number of fused-ring (bicyclic) bond motifs is 1. The van der Waals surface area contributed by atoms with Crippen LogP contribution in [0.4, 0.5) is 0 Å². The molecule has 0 aromatic rings. The molecule has 0 saturated heterocycles. The fourth-order valence-electron chi connectivity index (χ4n) is 2.35. The molecule has 1 fully saturated rings. The molecule has 0 radical (unpaired) electrons. The van der Waals surface area contributed by atoms with Gasteiger partial charge in [0.15, 0.2) is 0 Å². The summed E-state index contributed by atoms with van der Waals surface area (Å²) < 4.78 is 5.97. The molecule has 2 rings (SSSR count). The van der Waals surface area contributed by atoms with Gasteiger partial charge in [-0.05, 0) is 19.3 Å². The minimum atomic E-state index is 0.303. The molecule has 0 amide bonds. The lowest BCUT2D eigenvalue weighted by Crippen LogP contribution is -2.33. The van der Waals surface area contributed by atoms with Crippen molar-refractivity contribution >= 4 is 0 Å². The summed E-state index contributed by atoms with van der Waals surface area (Å²) in [6.07, 6.45) is 13.6. The van der Waals surface area contributed by atoms with Gasteiger partial charge >= 0.3 is 0 Å². The van der Waals surface area contributed by atoms with Crippen molar-refractivity contribution in [3.63, 3.8) is 0 Å². The number of hydrogen-bond donors (Lipinski definition) is 0. The highest BCUT2D eigenvalue weighted by molar-refractivity contribution is 5.04. The standard InChI is InChI=1S/C12H18O/c1-2-5-11-9-8-10-6-3-4-7-12(10)13-11/h2,8-12H,1,3-7H2/t10-,11+,12+/m1/s1. The maximum Gasteiger partial charge on any atom is 0.0794 e. The molecule has 1 nitrogen and oxygen atoms in total. The second kappa shape index (κ2) is 4.10. The van der Waals surface area contributed by atoms with E-state index in [0.717, 1.165) is 6.42 Å². The van der Waals surface area contributed by atoms with Crippen LogP contribution >= 0.6 is 0 Å². The zero-order chi connectivity index (χ0) is 9.10. The van der Waals surface area contributed by atoms with Gasteiger partial charge in [0.25, 0.3) is 0 Å². The Morgan fingerprint density at radius 1 is 1.31 bits per heavy atom. The smallest absolute Gasteiger partial charge is 0.0794 e. The van der Waals surface area contributed by atoms with E-state index < -0.39 is 0 Å². The molecule has 72 valence electrons. The van der Waals surface area contributed by atoms with Crippen molar-refractivity contribution in [1.29, 1.82) is 0 Å². The number of rotatable bonds is 2. The molecule has 1 heterocycles. The maximum atomic E-state index is 5.97. The molecule has 0 aromatic heterocycles. The van der Waals surface area contributed by atoms with E-state index in [1.54, 1.807) is 0 Å². The van der Waals surface area contributed by atoms with Crippen LogP contribution in [0.15, 0.2) is 24.8 Å². The lowest BCUT2D eigenvalue weighted by Gasteiger charge is -2.35. The van der Waals surface area contributed by atoms with Crippen molar-refractivity contribution in [2.45, 2.75) is 44.3 Å². The van der Waals surface area contributed by atoms with Crippen molar-refractivity contribution in [1.82, 2.24) is 0 Å². The zero-order valence-electron chi connectivity index (χ0n) is 8.11. The van der Waals surface area contributed by atoms with Gasteiger partial charge in [0.1, 0.15) is 0 Å². The van der Waals surface area contributed by atoms with Gasteiger partial charge in [0, 0.05) is 5.92 Å². The van der Waals surface area contributed by atoms with Crippen LogP contribution in [-0.4, -0.2) is 12.2 Å². The largest absolute Gasteiger partial charge is 0.370 e. The van der Waals surface area contributed by atoms with Crippen molar-refractivity contribution in [3.8, 4) is 0 Å². The van der Waals surface area contributed by atoms with E-state index in [2.05, 4.69) is 18.7 Å². The predicted molar refractivity (Wildman–Crippen MR) is 54.6 cm³/mol. The Morgan fingerprint density at radius 2 is 2.15 bits per heavy atom. The van der Waals surface area contributed by atoms with E-state index in [-0.39, 0.29) is 0 Å². The maximum absolute atomic E-state index is 5.97. The first kappa shape index (κ1) is 9.01. The van der Waals surface area contributed by atoms with Crippen LogP contribution in [0.3, 0.4) is 0 Å². The molecule has 0 spiro atoms. The Bertz CT molecular complexity index is 207. The summed E-state index contributed by atoms with van der Waals surface area (Å²) in [5.41, 5.74) is 0. The molecule has 0 unspecified atom stereocenters. The Labute approximate surface area is 80.5 Å². The summed E-state index contributed by atoms with van der Waals surface area (Å²) in [6, 6.07) is 0. The van der Waals surface area contributed by atoms with E-state index in [4.69, 9.17) is 4.74 Å². The fraction of sp³-hybridized carbons (Fsp3) is 0.667. The highest BCUT2D eigenvalue weighted by Crippen LogP contribution is 2.32. The fourth-order valence-corrected chi connectivity index (χ4v) is 2.35. The molecule has 1 heteroatoms. The lowest BCUT2D eigenvalue weighted by molar-refractivity contribution is -0.0376. The first-order valence-corrected chi connectivity index (χ1v) is 5.35. The van der Waals surface area contributed by atoms with Crippen molar-refractivity contribution in [2.24, 2.45) is 5.92 Å². The normalized spacial score (nSPS) is 38.3. The molecule has 1 aliphatic heterocycles. The highest BCUT2D eigenvalue weighted by atomic mass is 16.5. The number of hydrogen-bond acceptors (Lipinski definition) is 1. The summed E-state index contributed by atoms with van der Waals surface area (Å²) >= 11 is 0. The van der Waals surface area contributed by atoms with Gasteiger partial charge in [-0.2, -0.15) is 0 Å². The SMILES string of the molecule is C=CC[C@H]1C=C[C@H]2CCCC[C@@H]2O1. The predicted octanol–water partition coefficient (Wildman–Crippen LogP) is 3.08. The summed E-state index contributed by atoms with van der Waals surface area (Å²) in [5, 5.41) is 0. The van der Waals surface area contributed by atoms with Gasteiger partial charge in [-0.25, -0.2) is 0 Å². The average molecular weight is 178 g/mol. The van der Waals surface area contributed by atoms with Gasteiger partial charge in [0.05, 0.1) is 12.2 Å². The molecule has 3 atom stereocenters. The quantitative estimate of drug-likeness (QED) is 0.590. The Hall–Kier alpha value is -0.560. The van der Waals surface area contributed by atoms with E-state index in [1.807, 2.05) is 6.08 Å². The van der Waals surface area contributed by atoms with Gasteiger partial charge in [-0.15, -0.1) is 6.58 Å². The van der Waals surface area contributed by atoms with Crippen LogP contribution in [0.5, 0.6) is 0 Å². The molecule has 2 aliphatic rings. The van der Waals surface area contributed by atoms with Gasteiger partial charge in [-0.1, -0.05) is 31.1 Å². The van der Waals surface area contributed by atoms with Crippen LogP contribution in [0.25, 0.3) is 0 Å². The molecule has 1 aliphatic carbocycles. The van der Waals surface area contributed by atoms with Gasteiger partial charge < -0.3 is 4.74 Å². The second-order valence-electron chi connectivity index (χ2n) is 4.07. The first-order chi connectivity index (χ1) is 6.40. The van der Waals surface area contributed by atoms with E-state index >= 15 is 0 Å². The molecular formula is C12H18O. The van der Waals surface area contributed by atoms with Crippen LogP contribution in [0.2, 0.25) is 0 Å². The summed E-state index contributed by atoms with van der Waals surface area (Å²) in [6.45, 7) is 3.74. The van der Waals surface area contributed by atoms with E-state index in [0.29, 0.717) is 18.1 Å². The summed E-state index contributed by atoms with van der Waals surface area (Å²) in [7, 11) is 0. The van der Waals surface area contributed by atoms with Crippen LogP contribution < -0.4 is 0 Å². The van der Waals surface area contributed by atoms with Crippen molar-refractivity contribution in [2.75, 3.05) is 0 Å². The minimum absolute atomic E-state index is 0.303. The van der Waals surface area contributed by atoms with Gasteiger partial charge in [-0.3, -0.25) is 0 Å². The van der Waals surface area contributed by atoms with Crippen LogP contribution in [0.1, 0.15) is 32.1 Å². The summed E-state index contributed by atoms with van der Waals surface area (Å²) in [4.78, 5) is 0. The van der Waals surface area contributed by atoms with E-state index in [9.17, 15) is 0 Å². The zero-order valence-corrected chi connectivity index (χ0v) is 8.11.